The maximum absolute atomic E-state index is 5.07. The summed E-state index contributed by atoms with van der Waals surface area (Å²) < 4.78 is 5.07. The number of hydrogen-bond acceptors (Lipinski definition) is 2. The highest BCUT2D eigenvalue weighted by Crippen LogP contribution is 2.29. The average Bonchev–Trinajstić information content (AvgIpc) is 2.04. The van der Waals surface area contributed by atoms with Crippen molar-refractivity contribution in [3.05, 3.63) is 23.8 Å². The van der Waals surface area contributed by atoms with Crippen molar-refractivity contribution < 1.29 is 4.74 Å². The van der Waals surface area contributed by atoms with E-state index >= 15 is 0 Å². The van der Waals surface area contributed by atoms with E-state index in [4.69, 9.17) is 4.74 Å². The van der Waals surface area contributed by atoms with E-state index < -0.39 is 0 Å². The van der Waals surface area contributed by atoms with Crippen LogP contribution in [0.2, 0.25) is 0 Å². The minimum Gasteiger partial charge on any atom is -0.497 e. The number of hydrogen-bond donors (Lipinski definition) is 0. The van der Waals surface area contributed by atoms with Gasteiger partial charge in [-0.05, 0) is 55.7 Å². The number of rotatable bonds is 2. The topological polar surface area (TPSA) is 9.23 Å². The lowest BCUT2D eigenvalue weighted by Gasteiger charge is -2.03. The number of methoxy groups -OCH3 is 1. The molecule has 0 aromatic heterocycles. The van der Waals surface area contributed by atoms with Crippen molar-refractivity contribution in [2.75, 3.05) is 7.11 Å². The molecule has 11 heavy (non-hydrogen) atoms. The second-order valence-corrected chi connectivity index (χ2v) is 3.77. The van der Waals surface area contributed by atoms with E-state index in [1.807, 2.05) is 18.2 Å². The van der Waals surface area contributed by atoms with Crippen molar-refractivity contribution in [2.45, 2.75) is 11.8 Å². The smallest absolute Gasteiger partial charge is 0.119 e. The molecule has 0 bridgehead atoms. The molecule has 1 rings (SSSR count). The minimum atomic E-state index is 0.910. The van der Waals surface area contributed by atoms with Gasteiger partial charge >= 0.3 is 0 Å². The summed E-state index contributed by atoms with van der Waals surface area (Å²) in [4.78, 5) is 1.23. The Hall–Kier alpha value is -0.150. The molecule has 0 amide bonds. The van der Waals surface area contributed by atoms with Gasteiger partial charge in [-0.1, -0.05) is 0 Å². The molecule has 60 valence electrons. The summed E-state index contributed by atoms with van der Waals surface area (Å²) in [6.07, 6.45) is 0. The summed E-state index contributed by atoms with van der Waals surface area (Å²) >= 11 is 3.33. The highest BCUT2D eigenvalue weighted by molar-refractivity contribution is 9.50. The molecule has 1 aromatic rings. The van der Waals surface area contributed by atoms with Crippen LogP contribution in [0.3, 0.4) is 0 Å². The standard InChI is InChI=1S/C8H9BrOS/c1-6-5-7(10-2)3-4-8(6)11-9/h3-5H,1-2H3. The van der Waals surface area contributed by atoms with Gasteiger partial charge in [-0.2, -0.15) is 0 Å². The highest BCUT2D eigenvalue weighted by Gasteiger charge is 1.98. The Morgan fingerprint density at radius 3 is 2.64 bits per heavy atom. The summed E-state index contributed by atoms with van der Waals surface area (Å²) in [7, 11) is 3.25. The molecular formula is C8H9BrOS. The van der Waals surface area contributed by atoms with E-state index in [-0.39, 0.29) is 0 Å². The van der Waals surface area contributed by atoms with Crippen LogP contribution >= 0.6 is 25.0 Å². The van der Waals surface area contributed by atoms with Crippen LogP contribution < -0.4 is 4.74 Å². The van der Waals surface area contributed by atoms with Crippen molar-refractivity contribution in [1.82, 2.24) is 0 Å². The first kappa shape index (κ1) is 8.94. The summed E-state index contributed by atoms with van der Waals surface area (Å²) in [5, 5.41) is 0. The number of ether oxygens (including phenoxy) is 1. The lowest BCUT2D eigenvalue weighted by Crippen LogP contribution is -1.84. The first-order valence-electron chi connectivity index (χ1n) is 3.21. The molecule has 0 unspecified atom stereocenters. The van der Waals surface area contributed by atoms with Crippen molar-refractivity contribution in [1.29, 1.82) is 0 Å². The fourth-order valence-corrected chi connectivity index (χ4v) is 2.23. The third-order valence-corrected chi connectivity index (χ3v) is 3.14. The molecule has 3 heteroatoms. The van der Waals surface area contributed by atoms with Gasteiger partial charge < -0.3 is 4.74 Å². The van der Waals surface area contributed by atoms with Gasteiger partial charge in [0.15, 0.2) is 0 Å². The third-order valence-electron chi connectivity index (χ3n) is 1.47. The molecule has 1 nitrogen and oxygen atoms in total. The predicted octanol–water partition coefficient (Wildman–Crippen LogP) is 3.41. The first-order chi connectivity index (χ1) is 5.27. The Morgan fingerprint density at radius 1 is 1.45 bits per heavy atom. The fourth-order valence-electron chi connectivity index (χ4n) is 0.835. The zero-order valence-corrected chi connectivity index (χ0v) is 8.83. The van der Waals surface area contributed by atoms with Gasteiger partial charge in [-0.3, -0.25) is 0 Å². The zero-order valence-electron chi connectivity index (χ0n) is 6.43. The van der Waals surface area contributed by atoms with Crippen LogP contribution in [0, 0.1) is 6.92 Å². The molecule has 0 aliphatic rings. The Morgan fingerprint density at radius 2 is 2.18 bits per heavy atom. The van der Waals surface area contributed by atoms with Gasteiger partial charge in [0, 0.05) is 4.90 Å². The van der Waals surface area contributed by atoms with E-state index in [0.717, 1.165) is 5.75 Å². The van der Waals surface area contributed by atoms with Crippen LogP contribution in [0.5, 0.6) is 5.75 Å². The molecule has 0 N–H and O–H groups in total. The van der Waals surface area contributed by atoms with Gasteiger partial charge in [0.2, 0.25) is 0 Å². The number of halogens is 1. The van der Waals surface area contributed by atoms with Crippen molar-refractivity contribution in [2.24, 2.45) is 0 Å². The molecule has 0 heterocycles. The monoisotopic (exact) mass is 232 g/mol. The van der Waals surface area contributed by atoms with Crippen LogP contribution in [0.4, 0.5) is 0 Å². The van der Waals surface area contributed by atoms with Gasteiger partial charge in [0.1, 0.15) is 5.75 Å². The maximum atomic E-state index is 5.07. The van der Waals surface area contributed by atoms with Crippen LogP contribution in [-0.4, -0.2) is 7.11 Å². The normalized spacial score (nSPS) is 9.73. The average molecular weight is 233 g/mol. The van der Waals surface area contributed by atoms with Gasteiger partial charge in [-0.25, -0.2) is 0 Å². The number of aryl methyl sites for hydroxylation is 1. The second kappa shape index (κ2) is 4.02. The SMILES string of the molecule is COc1ccc(SBr)c(C)c1. The van der Waals surface area contributed by atoms with E-state index in [2.05, 4.69) is 21.7 Å². The highest BCUT2D eigenvalue weighted by atomic mass is 79.9. The van der Waals surface area contributed by atoms with Crippen LogP contribution in [0.15, 0.2) is 23.1 Å². The van der Waals surface area contributed by atoms with Gasteiger partial charge in [0.05, 0.1) is 7.11 Å². The van der Waals surface area contributed by atoms with Crippen molar-refractivity contribution in [3.8, 4) is 5.75 Å². The van der Waals surface area contributed by atoms with E-state index in [0.29, 0.717) is 0 Å². The summed E-state index contributed by atoms with van der Waals surface area (Å²) in [5.74, 6) is 0.910. The molecule has 0 atom stereocenters. The van der Waals surface area contributed by atoms with Crippen LogP contribution in [-0.2, 0) is 0 Å². The molecule has 0 radical (unpaired) electrons. The largest absolute Gasteiger partial charge is 0.497 e. The third kappa shape index (κ3) is 2.14. The van der Waals surface area contributed by atoms with Crippen LogP contribution in [0.1, 0.15) is 5.56 Å². The summed E-state index contributed by atoms with van der Waals surface area (Å²) in [5.41, 5.74) is 1.23. The Kier molecular flexibility index (Phi) is 3.27. The molecule has 0 saturated heterocycles. The lowest BCUT2D eigenvalue weighted by atomic mass is 10.2. The summed E-state index contributed by atoms with van der Waals surface area (Å²) in [6.45, 7) is 2.06. The van der Waals surface area contributed by atoms with Crippen LogP contribution in [0.25, 0.3) is 0 Å². The lowest BCUT2D eigenvalue weighted by molar-refractivity contribution is 0.414. The summed E-state index contributed by atoms with van der Waals surface area (Å²) in [6, 6.07) is 6.01. The molecule has 0 aliphatic heterocycles. The maximum Gasteiger partial charge on any atom is 0.119 e. The Bertz CT molecular complexity index is 250. The van der Waals surface area contributed by atoms with E-state index in [1.165, 1.54) is 10.5 Å². The molecular weight excluding hydrogens is 224 g/mol. The van der Waals surface area contributed by atoms with Crippen molar-refractivity contribution in [3.63, 3.8) is 0 Å². The fraction of sp³-hybridized carbons (Fsp3) is 0.250. The Labute approximate surface area is 78.3 Å². The molecule has 0 fully saturated rings. The molecule has 1 aromatic carbocycles. The minimum absolute atomic E-state index is 0.910. The predicted molar refractivity (Wildman–Crippen MR) is 52.5 cm³/mol. The molecule has 0 saturated carbocycles. The quantitative estimate of drug-likeness (QED) is 0.774. The first-order valence-corrected chi connectivity index (χ1v) is 5.87. The van der Waals surface area contributed by atoms with Gasteiger partial charge in [0.25, 0.3) is 0 Å². The number of benzene rings is 1. The zero-order chi connectivity index (χ0) is 8.27. The molecule has 0 spiro atoms. The van der Waals surface area contributed by atoms with E-state index in [9.17, 15) is 0 Å². The molecule has 0 aliphatic carbocycles. The second-order valence-electron chi connectivity index (χ2n) is 2.21. The Balaban J connectivity index is 2.99. The van der Waals surface area contributed by atoms with Crippen molar-refractivity contribution >= 4 is 25.0 Å². The van der Waals surface area contributed by atoms with Gasteiger partial charge in [-0.15, -0.1) is 0 Å². The van der Waals surface area contributed by atoms with E-state index in [1.54, 1.807) is 17.3 Å².